The second-order valence-corrected chi connectivity index (χ2v) is 7.62. The van der Waals surface area contributed by atoms with Crippen molar-refractivity contribution >= 4 is 15.7 Å². The Balaban J connectivity index is 2.21. The Morgan fingerprint density at radius 2 is 1.73 bits per heavy atom. The molecule has 7 heteroatoms. The summed E-state index contributed by atoms with van der Waals surface area (Å²) in [4.78, 5) is 0.0718. The van der Waals surface area contributed by atoms with Gasteiger partial charge < -0.3 is 9.26 Å². The molecule has 0 bridgehead atoms. The first-order valence-corrected chi connectivity index (χ1v) is 8.31. The van der Waals surface area contributed by atoms with Gasteiger partial charge >= 0.3 is 0 Å². The number of rotatable bonds is 4. The van der Waals surface area contributed by atoms with Gasteiger partial charge in [-0.1, -0.05) is 5.16 Å². The molecule has 0 amide bonds. The van der Waals surface area contributed by atoms with Crippen molar-refractivity contribution in [1.82, 2.24) is 5.16 Å². The normalized spacial score (nSPS) is 12.2. The van der Waals surface area contributed by atoms with E-state index in [9.17, 15) is 8.42 Å². The number of benzene rings is 1. The molecule has 0 radical (unpaired) electrons. The van der Waals surface area contributed by atoms with Crippen molar-refractivity contribution in [3.8, 4) is 5.75 Å². The fourth-order valence-electron chi connectivity index (χ4n) is 2.01. The van der Waals surface area contributed by atoms with Crippen molar-refractivity contribution in [2.75, 3.05) is 4.72 Å². The van der Waals surface area contributed by atoms with Crippen molar-refractivity contribution in [3.63, 3.8) is 0 Å². The summed E-state index contributed by atoms with van der Waals surface area (Å²) in [5, 5.41) is 3.66. The lowest BCUT2D eigenvalue weighted by atomic mass is 10.2. The van der Waals surface area contributed by atoms with Crippen LogP contribution in [0.25, 0.3) is 0 Å². The number of sulfonamides is 1. The van der Waals surface area contributed by atoms with E-state index < -0.39 is 10.0 Å². The third kappa shape index (κ3) is 3.79. The first kappa shape index (κ1) is 16.4. The van der Waals surface area contributed by atoms with E-state index in [1.54, 1.807) is 38.1 Å². The van der Waals surface area contributed by atoms with Gasteiger partial charge in [0.05, 0.1) is 0 Å². The van der Waals surface area contributed by atoms with Gasteiger partial charge in [-0.25, -0.2) is 8.42 Å². The minimum absolute atomic E-state index is 0.0718. The Morgan fingerprint density at radius 3 is 2.18 bits per heavy atom. The van der Waals surface area contributed by atoms with Crippen molar-refractivity contribution in [2.45, 2.75) is 45.1 Å². The third-order valence-electron chi connectivity index (χ3n) is 2.77. The Kier molecular flexibility index (Phi) is 4.19. The van der Waals surface area contributed by atoms with Crippen molar-refractivity contribution < 1.29 is 17.7 Å². The first-order valence-electron chi connectivity index (χ1n) is 6.83. The summed E-state index contributed by atoms with van der Waals surface area (Å²) in [6.07, 6.45) is 0. The highest BCUT2D eigenvalue weighted by molar-refractivity contribution is 7.92. The summed E-state index contributed by atoms with van der Waals surface area (Å²) in [5.74, 6) is 0.936. The van der Waals surface area contributed by atoms with E-state index in [1.165, 1.54) is 0 Å². The Hall–Kier alpha value is -2.02. The van der Waals surface area contributed by atoms with Crippen molar-refractivity contribution in [3.05, 3.63) is 35.7 Å². The van der Waals surface area contributed by atoms with Gasteiger partial charge in [-0.05, 0) is 58.9 Å². The van der Waals surface area contributed by atoms with E-state index in [0.29, 0.717) is 17.1 Å². The second kappa shape index (κ2) is 5.64. The zero-order valence-corrected chi connectivity index (χ0v) is 14.1. The van der Waals surface area contributed by atoms with Crippen LogP contribution in [0.15, 0.2) is 33.7 Å². The van der Waals surface area contributed by atoms with Crippen LogP contribution in [0.1, 0.15) is 32.2 Å². The Labute approximate surface area is 130 Å². The molecule has 0 saturated heterocycles. The first-order chi connectivity index (χ1) is 10.1. The highest BCUT2D eigenvalue weighted by Crippen LogP contribution is 2.24. The number of aryl methyl sites for hydroxylation is 2. The molecule has 1 aromatic heterocycles. The molecular formula is C15H20N2O4S. The second-order valence-electron chi connectivity index (χ2n) is 6.00. The van der Waals surface area contributed by atoms with Gasteiger partial charge in [0.25, 0.3) is 10.0 Å². The van der Waals surface area contributed by atoms with Crippen LogP contribution in [-0.2, 0) is 10.0 Å². The minimum atomic E-state index is -3.73. The number of nitrogens with zero attached hydrogens (tertiary/aromatic N) is 1. The number of anilines is 1. The van der Waals surface area contributed by atoms with E-state index in [4.69, 9.17) is 9.26 Å². The Bertz CT molecular complexity index is 736. The maximum atomic E-state index is 12.4. The van der Waals surface area contributed by atoms with E-state index in [-0.39, 0.29) is 16.3 Å². The molecule has 22 heavy (non-hydrogen) atoms. The van der Waals surface area contributed by atoms with E-state index in [2.05, 4.69) is 9.88 Å². The van der Waals surface area contributed by atoms with Crippen LogP contribution >= 0.6 is 0 Å². The molecule has 1 heterocycles. The highest BCUT2D eigenvalue weighted by Gasteiger charge is 2.24. The van der Waals surface area contributed by atoms with Crippen LogP contribution < -0.4 is 9.46 Å². The molecule has 0 unspecified atom stereocenters. The monoisotopic (exact) mass is 324 g/mol. The van der Waals surface area contributed by atoms with Gasteiger partial charge in [0.15, 0.2) is 10.7 Å². The van der Waals surface area contributed by atoms with Crippen LogP contribution in [0.3, 0.4) is 0 Å². The molecule has 1 N–H and O–H groups in total. The zero-order valence-electron chi connectivity index (χ0n) is 13.3. The van der Waals surface area contributed by atoms with Crippen LogP contribution in [0, 0.1) is 13.8 Å². The summed E-state index contributed by atoms with van der Waals surface area (Å²) in [6, 6.07) is 6.74. The standard InChI is InChI=1S/C15H20N2O4S/c1-10-14(11(2)21-16-10)22(18,19)17-12-6-8-13(9-7-12)20-15(3,4)5/h6-9,17H,1-5H3. The molecule has 0 aliphatic carbocycles. The molecule has 6 nitrogen and oxygen atoms in total. The smallest absolute Gasteiger partial charge is 0.267 e. The minimum Gasteiger partial charge on any atom is -0.488 e. The largest absolute Gasteiger partial charge is 0.488 e. The summed E-state index contributed by atoms with van der Waals surface area (Å²) >= 11 is 0. The van der Waals surface area contributed by atoms with E-state index in [1.807, 2.05) is 20.8 Å². The quantitative estimate of drug-likeness (QED) is 0.933. The summed E-state index contributed by atoms with van der Waals surface area (Å²) in [7, 11) is -3.73. The van der Waals surface area contributed by atoms with Gasteiger partial charge in [0, 0.05) is 5.69 Å². The van der Waals surface area contributed by atoms with Crippen LogP contribution in [0.2, 0.25) is 0 Å². The van der Waals surface area contributed by atoms with E-state index in [0.717, 1.165) is 0 Å². The third-order valence-corrected chi connectivity index (χ3v) is 4.39. The van der Waals surface area contributed by atoms with Gasteiger partial charge in [0.2, 0.25) is 0 Å². The highest BCUT2D eigenvalue weighted by atomic mass is 32.2. The maximum Gasteiger partial charge on any atom is 0.267 e. The molecule has 0 saturated carbocycles. The average Bonchev–Trinajstić information content (AvgIpc) is 2.70. The van der Waals surface area contributed by atoms with Gasteiger partial charge in [0.1, 0.15) is 17.0 Å². The fraction of sp³-hybridized carbons (Fsp3) is 0.400. The number of aromatic nitrogens is 1. The molecule has 0 aliphatic heterocycles. The average molecular weight is 324 g/mol. The predicted molar refractivity (Wildman–Crippen MR) is 83.6 cm³/mol. The molecule has 120 valence electrons. The SMILES string of the molecule is Cc1noc(C)c1S(=O)(=O)Nc1ccc(OC(C)(C)C)cc1. The van der Waals surface area contributed by atoms with Crippen molar-refractivity contribution in [2.24, 2.45) is 0 Å². The number of hydrogen-bond donors (Lipinski definition) is 1. The van der Waals surface area contributed by atoms with Crippen LogP contribution in [0.5, 0.6) is 5.75 Å². The van der Waals surface area contributed by atoms with Crippen molar-refractivity contribution in [1.29, 1.82) is 0 Å². The predicted octanol–water partition coefficient (Wildman–Crippen LogP) is 3.27. The van der Waals surface area contributed by atoms with Gasteiger partial charge in [-0.15, -0.1) is 0 Å². The van der Waals surface area contributed by atoms with Crippen LogP contribution in [-0.4, -0.2) is 19.2 Å². The summed E-state index contributed by atoms with van der Waals surface area (Å²) < 4.78 is 37.9. The van der Waals surface area contributed by atoms with Crippen LogP contribution in [0.4, 0.5) is 5.69 Å². The lowest BCUT2D eigenvalue weighted by Gasteiger charge is -2.21. The van der Waals surface area contributed by atoms with Gasteiger partial charge in [-0.3, -0.25) is 4.72 Å². The molecule has 2 rings (SSSR count). The maximum absolute atomic E-state index is 12.4. The molecule has 2 aromatic rings. The number of hydrogen-bond acceptors (Lipinski definition) is 5. The lowest BCUT2D eigenvalue weighted by molar-refractivity contribution is 0.131. The zero-order chi connectivity index (χ0) is 16.5. The van der Waals surface area contributed by atoms with Gasteiger partial charge in [-0.2, -0.15) is 0 Å². The molecular weight excluding hydrogens is 304 g/mol. The number of nitrogens with one attached hydrogen (secondary N) is 1. The molecule has 0 fully saturated rings. The summed E-state index contributed by atoms with van der Waals surface area (Å²) in [6.45, 7) is 8.99. The molecule has 0 atom stereocenters. The Morgan fingerprint density at radius 1 is 1.14 bits per heavy atom. The van der Waals surface area contributed by atoms with E-state index >= 15 is 0 Å². The molecule has 0 aliphatic rings. The topological polar surface area (TPSA) is 81.4 Å². The lowest BCUT2D eigenvalue weighted by Crippen LogP contribution is -2.22. The summed E-state index contributed by atoms with van der Waals surface area (Å²) in [5.41, 5.74) is 0.469. The fourth-order valence-corrected chi connectivity index (χ4v) is 3.40. The molecule has 0 spiro atoms. The molecule has 1 aromatic carbocycles. The number of ether oxygens (including phenoxy) is 1.